The molecule has 26 heavy (non-hydrogen) atoms. The van der Waals surface area contributed by atoms with Crippen molar-refractivity contribution in [2.45, 2.75) is 26.2 Å². The molecule has 138 valence electrons. The van der Waals surface area contributed by atoms with Gasteiger partial charge in [0.2, 0.25) is 6.79 Å². The van der Waals surface area contributed by atoms with E-state index in [9.17, 15) is 9.59 Å². The molecule has 0 heterocycles. The van der Waals surface area contributed by atoms with Crippen LogP contribution in [-0.2, 0) is 19.6 Å². The van der Waals surface area contributed by atoms with Gasteiger partial charge in [-0.25, -0.2) is 9.59 Å². The Kier molecular flexibility index (Phi) is 6.22. The third kappa shape index (κ3) is 4.99. The summed E-state index contributed by atoms with van der Waals surface area (Å²) < 4.78 is 18.3. The fourth-order valence-electron chi connectivity index (χ4n) is 2.39. The van der Waals surface area contributed by atoms with E-state index in [0.717, 1.165) is 12.7 Å². The first kappa shape index (κ1) is 19.3. The number of methoxy groups -OCH3 is 1. The molecule has 0 unspecified atom stereocenters. The Morgan fingerprint density at radius 2 is 1.35 bits per heavy atom. The van der Waals surface area contributed by atoms with Crippen molar-refractivity contribution in [2.75, 3.05) is 13.9 Å². The van der Waals surface area contributed by atoms with E-state index in [4.69, 9.17) is 4.74 Å². The molecule has 0 aliphatic rings. The highest BCUT2D eigenvalue weighted by Gasteiger charge is 2.23. The van der Waals surface area contributed by atoms with Crippen molar-refractivity contribution >= 4 is 12.3 Å². The van der Waals surface area contributed by atoms with Crippen molar-refractivity contribution in [3.8, 4) is 5.75 Å². The van der Waals surface area contributed by atoms with Crippen molar-refractivity contribution in [2.24, 2.45) is 0 Å². The van der Waals surface area contributed by atoms with Crippen LogP contribution in [-0.4, -0.2) is 26.2 Å². The molecule has 2 aromatic carbocycles. The van der Waals surface area contributed by atoms with E-state index in [2.05, 4.69) is 59.2 Å². The largest absolute Gasteiger partial charge is 0.516 e. The summed E-state index contributed by atoms with van der Waals surface area (Å²) in [5.74, 6) is 0.330. The van der Waals surface area contributed by atoms with Crippen LogP contribution < -0.4 is 4.74 Å². The van der Waals surface area contributed by atoms with Crippen molar-refractivity contribution in [3.63, 3.8) is 0 Å². The smallest absolute Gasteiger partial charge is 0.438 e. The van der Waals surface area contributed by atoms with Crippen molar-refractivity contribution in [1.29, 1.82) is 0 Å². The Hall–Kier alpha value is -3.02. The van der Waals surface area contributed by atoms with Gasteiger partial charge in [0.05, 0.1) is 7.11 Å². The first-order chi connectivity index (χ1) is 12.3. The van der Waals surface area contributed by atoms with E-state index in [-0.39, 0.29) is 5.41 Å². The molecule has 2 rings (SSSR count). The molecule has 2 aromatic rings. The van der Waals surface area contributed by atoms with Crippen LogP contribution in [0, 0.1) is 6.92 Å². The molecule has 0 aliphatic carbocycles. The number of hydrogen-bond acceptors (Lipinski definition) is 6. The summed E-state index contributed by atoms with van der Waals surface area (Å²) in [4.78, 5) is 22.3. The maximum atomic E-state index is 11.5. The second-order valence-corrected chi connectivity index (χ2v) is 6.23. The van der Waals surface area contributed by atoms with Crippen LogP contribution in [0.1, 0.15) is 30.5 Å². The summed E-state index contributed by atoms with van der Waals surface area (Å²) in [6.07, 6.45) is -1.92. The normalized spacial score (nSPS) is 10.8. The monoisotopic (exact) mass is 358 g/mol. The quantitative estimate of drug-likeness (QED) is 0.443. The lowest BCUT2D eigenvalue weighted by Crippen LogP contribution is -2.19. The standard InChI is InChI=1S/C20H22O6/c1-14-5-7-15(8-6-14)20(2,3)16-9-11-17(12-10-16)26-19(22)25-13-24-18(21)23-4/h5-12H,13H2,1-4H3. The minimum atomic E-state index is -0.973. The van der Waals surface area contributed by atoms with Crippen LogP contribution in [0.2, 0.25) is 0 Å². The molecular formula is C20H22O6. The van der Waals surface area contributed by atoms with Crippen molar-refractivity contribution < 1.29 is 28.5 Å². The fourth-order valence-corrected chi connectivity index (χ4v) is 2.39. The molecule has 6 nitrogen and oxygen atoms in total. The lowest BCUT2D eigenvalue weighted by Gasteiger charge is -2.26. The second kappa shape index (κ2) is 8.38. The van der Waals surface area contributed by atoms with E-state index < -0.39 is 19.1 Å². The van der Waals surface area contributed by atoms with Crippen LogP contribution in [0.25, 0.3) is 0 Å². The zero-order valence-electron chi connectivity index (χ0n) is 15.3. The Labute approximate surface area is 152 Å². The van der Waals surface area contributed by atoms with Gasteiger partial charge < -0.3 is 18.9 Å². The first-order valence-corrected chi connectivity index (χ1v) is 8.06. The number of hydrogen-bond donors (Lipinski definition) is 0. The Bertz CT molecular complexity index is 747. The molecule has 0 bridgehead atoms. The number of aryl methyl sites for hydroxylation is 1. The Balaban J connectivity index is 1.98. The van der Waals surface area contributed by atoms with E-state index in [0.29, 0.717) is 5.75 Å². The highest BCUT2D eigenvalue weighted by Crippen LogP contribution is 2.32. The number of benzene rings is 2. The van der Waals surface area contributed by atoms with E-state index in [1.165, 1.54) is 11.1 Å². The number of rotatable bonds is 5. The highest BCUT2D eigenvalue weighted by molar-refractivity contribution is 5.64. The maximum Gasteiger partial charge on any atom is 0.516 e. The molecule has 0 aromatic heterocycles. The predicted molar refractivity (Wildman–Crippen MR) is 95.2 cm³/mol. The van der Waals surface area contributed by atoms with Gasteiger partial charge in [-0.2, -0.15) is 0 Å². The lowest BCUT2D eigenvalue weighted by molar-refractivity contribution is -0.0201. The topological polar surface area (TPSA) is 71.1 Å². The van der Waals surface area contributed by atoms with Crippen LogP contribution >= 0.6 is 0 Å². The third-order valence-corrected chi connectivity index (χ3v) is 4.07. The zero-order chi connectivity index (χ0) is 19.2. The van der Waals surface area contributed by atoms with Gasteiger partial charge in [-0.15, -0.1) is 0 Å². The van der Waals surface area contributed by atoms with Crippen LogP contribution in [0.5, 0.6) is 5.75 Å². The summed E-state index contributed by atoms with van der Waals surface area (Å²) in [5.41, 5.74) is 3.29. The van der Waals surface area contributed by atoms with Gasteiger partial charge in [0.15, 0.2) is 0 Å². The van der Waals surface area contributed by atoms with Gasteiger partial charge in [-0.1, -0.05) is 55.8 Å². The summed E-state index contributed by atoms with van der Waals surface area (Å²) in [7, 11) is 1.15. The molecule has 0 N–H and O–H groups in total. The Morgan fingerprint density at radius 1 is 0.846 bits per heavy atom. The highest BCUT2D eigenvalue weighted by atomic mass is 16.8. The molecule has 6 heteroatoms. The lowest BCUT2D eigenvalue weighted by atomic mass is 9.78. The number of carbonyl (C=O) groups is 2. The molecule has 0 atom stereocenters. The molecule has 0 saturated heterocycles. The predicted octanol–water partition coefficient (Wildman–Crippen LogP) is 4.58. The third-order valence-electron chi connectivity index (χ3n) is 4.07. The van der Waals surface area contributed by atoms with Gasteiger partial charge >= 0.3 is 12.3 Å². The molecule has 0 aliphatic heterocycles. The summed E-state index contributed by atoms with van der Waals surface area (Å²) >= 11 is 0. The number of ether oxygens (including phenoxy) is 4. The van der Waals surface area contributed by atoms with Gasteiger partial charge in [-0.05, 0) is 30.2 Å². The van der Waals surface area contributed by atoms with Crippen LogP contribution in [0.3, 0.4) is 0 Å². The molecule has 0 radical (unpaired) electrons. The zero-order valence-corrected chi connectivity index (χ0v) is 15.3. The maximum absolute atomic E-state index is 11.5. The van der Waals surface area contributed by atoms with Crippen molar-refractivity contribution in [1.82, 2.24) is 0 Å². The average Bonchev–Trinajstić information content (AvgIpc) is 2.62. The van der Waals surface area contributed by atoms with Crippen LogP contribution in [0.15, 0.2) is 48.5 Å². The first-order valence-electron chi connectivity index (χ1n) is 8.06. The van der Waals surface area contributed by atoms with E-state index in [1.807, 2.05) is 12.1 Å². The minimum absolute atomic E-state index is 0.193. The van der Waals surface area contributed by atoms with Gasteiger partial charge in [0.1, 0.15) is 5.75 Å². The molecule has 0 fully saturated rings. The number of carbonyl (C=O) groups excluding carboxylic acids is 2. The second-order valence-electron chi connectivity index (χ2n) is 6.23. The van der Waals surface area contributed by atoms with Gasteiger partial charge in [0.25, 0.3) is 0 Å². The van der Waals surface area contributed by atoms with Crippen LogP contribution in [0.4, 0.5) is 9.59 Å². The van der Waals surface area contributed by atoms with E-state index >= 15 is 0 Å². The van der Waals surface area contributed by atoms with Gasteiger partial charge in [-0.3, -0.25) is 0 Å². The summed E-state index contributed by atoms with van der Waals surface area (Å²) in [6, 6.07) is 15.6. The summed E-state index contributed by atoms with van der Waals surface area (Å²) in [6.45, 7) is 5.74. The molecule has 0 amide bonds. The minimum Gasteiger partial charge on any atom is -0.438 e. The van der Waals surface area contributed by atoms with Crippen molar-refractivity contribution in [3.05, 3.63) is 65.2 Å². The average molecular weight is 358 g/mol. The van der Waals surface area contributed by atoms with E-state index in [1.54, 1.807) is 12.1 Å². The fraction of sp³-hybridized carbons (Fsp3) is 0.300. The Morgan fingerprint density at radius 3 is 1.88 bits per heavy atom. The SMILES string of the molecule is COC(=O)OCOC(=O)Oc1ccc(C(C)(C)c2ccc(C)cc2)cc1. The molecular weight excluding hydrogens is 336 g/mol. The summed E-state index contributed by atoms with van der Waals surface area (Å²) in [5, 5.41) is 0. The molecule has 0 saturated carbocycles. The van der Waals surface area contributed by atoms with Gasteiger partial charge in [0, 0.05) is 5.41 Å². The molecule has 0 spiro atoms.